The van der Waals surface area contributed by atoms with Crippen LogP contribution in [0.1, 0.15) is 33.7 Å². The molecule has 1 saturated heterocycles. The molecule has 0 radical (unpaired) electrons. The van der Waals surface area contributed by atoms with Crippen LogP contribution in [0.5, 0.6) is 0 Å². The number of hydrogen-bond donors (Lipinski definition) is 1. The van der Waals surface area contributed by atoms with Gasteiger partial charge in [-0.1, -0.05) is 12.1 Å². The normalized spacial score (nSPS) is 20.0. The van der Waals surface area contributed by atoms with Crippen LogP contribution in [0, 0.1) is 26.7 Å². The lowest BCUT2D eigenvalue weighted by atomic mass is 10.0. The number of aryl methyl sites for hydroxylation is 3. The van der Waals surface area contributed by atoms with E-state index in [0.717, 1.165) is 27.7 Å². The van der Waals surface area contributed by atoms with Crippen molar-refractivity contribution >= 4 is 26.7 Å². The minimum atomic E-state index is -2.92. The van der Waals surface area contributed by atoms with Gasteiger partial charge in [0.05, 0.1) is 11.5 Å². The Labute approximate surface area is 136 Å². The number of fused-ring (bicyclic) bond motifs is 1. The van der Waals surface area contributed by atoms with Gasteiger partial charge >= 0.3 is 0 Å². The fourth-order valence-electron chi connectivity index (χ4n) is 3.08. The first-order chi connectivity index (χ1) is 10.8. The van der Waals surface area contributed by atoms with Crippen molar-refractivity contribution in [2.75, 3.05) is 18.1 Å². The Kier molecular flexibility index (Phi) is 3.96. The van der Waals surface area contributed by atoms with Gasteiger partial charge in [0.1, 0.15) is 5.58 Å². The van der Waals surface area contributed by atoms with E-state index >= 15 is 0 Å². The fourth-order valence-corrected chi connectivity index (χ4v) is 4.95. The van der Waals surface area contributed by atoms with E-state index in [-0.39, 0.29) is 23.3 Å². The molecule has 0 aliphatic carbocycles. The minimum absolute atomic E-state index is 0.00221. The number of furan rings is 1. The van der Waals surface area contributed by atoms with Crippen molar-refractivity contribution in [2.45, 2.75) is 27.2 Å². The van der Waals surface area contributed by atoms with E-state index in [0.29, 0.717) is 18.7 Å². The summed E-state index contributed by atoms with van der Waals surface area (Å²) < 4.78 is 28.7. The summed E-state index contributed by atoms with van der Waals surface area (Å²) in [6.07, 6.45) is 0.611. The molecule has 1 aliphatic heterocycles. The second kappa shape index (κ2) is 5.67. The smallest absolute Gasteiger partial charge is 0.287 e. The molecule has 1 unspecified atom stereocenters. The molecule has 0 spiro atoms. The van der Waals surface area contributed by atoms with E-state index in [4.69, 9.17) is 4.42 Å². The van der Waals surface area contributed by atoms with Crippen LogP contribution in [0.4, 0.5) is 0 Å². The number of benzene rings is 1. The van der Waals surface area contributed by atoms with E-state index in [1.54, 1.807) is 0 Å². The first-order valence-corrected chi connectivity index (χ1v) is 9.58. The van der Waals surface area contributed by atoms with Gasteiger partial charge in [-0.25, -0.2) is 8.42 Å². The van der Waals surface area contributed by atoms with Gasteiger partial charge in [0.25, 0.3) is 5.91 Å². The van der Waals surface area contributed by atoms with Crippen molar-refractivity contribution in [3.05, 3.63) is 34.6 Å². The molecule has 0 bridgehead atoms. The summed E-state index contributed by atoms with van der Waals surface area (Å²) in [5.74, 6) is 0.410. The molecular formula is C17H21NO4S. The Morgan fingerprint density at radius 2 is 2.00 bits per heavy atom. The summed E-state index contributed by atoms with van der Waals surface area (Å²) in [6, 6.07) is 3.99. The Hall–Kier alpha value is -1.82. The molecule has 1 aromatic heterocycles. The number of carbonyl (C=O) groups is 1. The average Bonchev–Trinajstić information content (AvgIpc) is 3.01. The zero-order valence-electron chi connectivity index (χ0n) is 13.6. The number of carbonyl (C=O) groups excluding carboxylic acids is 1. The zero-order chi connectivity index (χ0) is 16.8. The molecule has 3 rings (SSSR count). The summed E-state index contributed by atoms with van der Waals surface area (Å²) in [7, 11) is -2.92. The monoisotopic (exact) mass is 335 g/mol. The highest BCUT2D eigenvalue weighted by molar-refractivity contribution is 7.91. The highest BCUT2D eigenvalue weighted by Gasteiger charge is 2.28. The van der Waals surface area contributed by atoms with Crippen LogP contribution >= 0.6 is 0 Å². The summed E-state index contributed by atoms with van der Waals surface area (Å²) in [4.78, 5) is 12.4. The molecule has 2 aromatic rings. The van der Waals surface area contributed by atoms with Crippen molar-refractivity contribution in [2.24, 2.45) is 5.92 Å². The van der Waals surface area contributed by atoms with Crippen LogP contribution in [-0.4, -0.2) is 32.4 Å². The van der Waals surface area contributed by atoms with Crippen LogP contribution in [0.25, 0.3) is 11.0 Å². The van der Waals surface area contributed by atoms with Crippen LogP contribution in [0.2, 0.25) is 0 Å². The first-order valence-electron chi connectivity index (χ1n) is 7.76. The standard InChI is InChI=1S/C17H21NO4S/c1-10-4-5-14-12(3)16(22-15(14)11(10)2)17(19)18-8-13-6-7-23(20,21)9-13/h4-5,13H,6-9H2,1-3H3,(H,18,19). The molecule has 1 N–H and O–H groups in total. The third-order valence-corrected chi connectivity index (χ3v) is 6.55. The first kappa shape index (κ1) is 16.1. The maximum Gasteiger partial charge on any atom is 0.287 e. The largest absolute Gasteiger partial charge is 0.450 e. The van der Waals surface area contributed by atoms with E-state index in [1.807, 2.05) is 32.9 Å². The average molecular weight is 335 g/mol. The lowest BCUT2D eigenvalue weighted by Crippen LogP contribution is -2.29. The highest BCUT2D eigenvalue weighted by Crippen LogP contribution is 2.29. The van der Waals surface area contributed by atoms with Crippen molar-refractivity contribution in [3.63, 3.8) is 0 Å². The van der Waals surface area contributed by atoms with Crippen molar-refractivity contribution in [3.8, 4) is 0 Å². The van der Waals surface area contributed by atoms with Crippen LogP contribution in [0.3, 0.4) is 0 Å². The maximum atomic E-state index is 12.4. The SMILES string of the molecule is Cc1ccc2c(C)c(C(=O)NCC3CCS(=O)(=O)C3)oc2c1C. The molecule has 2 heterocycles. The van der Waals surface area contributed by atoms with Gasteiger partial charge in [-0.05, 0) is 44.2 Å². The molecule has 6 heteroatoms. The van der Waals surface area contributed by atoms with E-state index in [1.165, 1.54) is 0 Å². The summed E-state index contributed by atoms with van der Waals surface area (Å²) >= 11 is 0. The van der Waals surface area contributed by atoms with Gasteiger partial charge < -0.3 is 9.73 Å². The molecular weight excluding hydrogens is 314 g/mol. The van der Waals surface area contributed by atoms with E-state index < -0.39 is 9.84 Å². The summed E-state index contributed by atoms with van der Waals surface area (Å²) in [6.45, 7) is 6.22. The lowest BCUT2D eigenvalue weighted by molar-refractivity contribution is 0.0922. The zero-order valence-corrected chi connectivity index (χ0v) is 14.4. The Morgan fingerprint density at radius 3 is 2.65 bits per heavy atom. The molecule has 124 valence electrons. The number of hydrogen-bond acceptors (Lipinski definition) is 4. The van der Waals surface area contributed by atoms with Gasteiger partial charge in [0, 0.05) is 17.5 Å². The van der Waals surface area contributed by atoms with Crippen molar-refractivity contribution in [1.82, 2.24) is 5.32 Å². The molecule has 23 heavy (non-hydrogen) atoms. The fraction of sp³-hybridized carbons (Fsp3) is 0.471. The molecule has 1 fully saturated rings. The summed E-state index contributed by atoms with van der Waals surface area (Å²) in [5, 5.41) is 3.76. The van der Waals surface area contributed by atoms with Crippen LogP contribution in [-0.2, 0) is 9.84 Å². The van der Waals surface area contributed by atoms with Gasteiger partial charge in [-0.3, -0.25) is 4.79 Å². The molecule has 1 amide bonds. The lowest BCUT2D eigenvalue weighted by Gasteiger charge is -2.08. The predicted octanol–water partition coefficient (Wildman–Crippen LogP) is 2.52. The van der Waals surface area contributed by atoms with Gasteiger partial charge in [0.2, 0.25) is 0 Å². The predicted molar refractivity (Wildman–Crippen MR) is 89.5 cm³/mol. The quantitative estimate of drug-likeness (QED) is 0.935. The second-order valence-electron chi connectivity index (χ2n) is 6.42. The maximum absolute atomic E-state index is 12.4. The van der Waals surface area contributed by atoms with E-state index in [9.17, 15) is 13.2 Å². The molecule has 0 saturated carbocycles. The number of rotatable bonds is 3. The molecule has 5 nitrogen and oxygen atoms in total. The third-order valence-electron chi connectivity index (χ3n) is 4.71. The highest BCUT2D eigenvalue weighted by atomic mass is 32.2. The molecule has 1 atom stereocenters. The number of amides is 1. The Morgan fingerprint density at radius 1 is 1.26 bits per heavy atom. The number of sulfone groups is 1. The van der Waals surface area contributed by atoms with Crippen molar-refractivity contribution < 1.29 is 17.6 Å². The molecule has 1 aliphatic rings. The van der Waals surface area contributed by atoms with Gasteiger partial charge in [-0.15, -0.1) is 0 Å². The summed E-state index contributed by atoms with van der Waals surface area (Å²) in [5.41, 5.74) is 3.72. The van der Waals surface area contributed by atoms with E-state index in [2.05, 4.69) is 5.32 Å². The third kappa shape index (κ3) is 3.00. The minimum Gasteiger partial charge on any atom is -0.450 e. The van der Waals surface area contributed by atoms with Crippen molar-refractivity contribution in [1.29, 1.82) is 0 Å². The Balaban J connectivity index is 1.79. The topological polar surface area (TPSA) is 76.4 Å². The van der Waals surface area contributed by atoms with Crippen LogP contribution < -0.4 is 5.32 Å². The second-order valence-corrected chi connectivity index (χ2v) is 8.65. The van der Waals surface area contributed by atoms with Crippen LogP contribution in [0.15, 0.2) is 16.5 Å². The number of nitrogens with one attached hydrogen (secondary N) is 1. The molecule has 1 aromatic carbocycles. The Bertz CT molecular complexity index is 880. The van der Waals surface area contributed by atoms with Gasteiger partial charge in [-0.2, -0.15) is 0 Å². The van der Waals surface area contributed by atoms with Gasteiger partial charge in [0.15, 0.2) is 15.6 Å².